The van der Waals surface area contributed by atoms with Crippen LogP contribution < -0.4 is 15.4 Å². The molecule has 0 spiro atoms. The van der Waals surface area contributed by atoms with Gasteiger partial charge in [0.1, 0.15) is 29.3 Å². The summed E-state index contributed by atoms with van der Waals surface area (Å²) in [5.41, 5.74) is -2.17. The zero-order chi connectivity index (χ0) is 34.9. The number of esters is 1. The molecule has 15 heteroatoms. The molecule has 4 aliphatic rings. The predicted octanol–water partition coefficient (Wildman–Crippen LogP) is 3.36. The van der Waals surface area contributed by atoms with Crippen LogP contribution in [0.3, 0.4) is 0 Å². The second kappa shape index (κ2) is 14.1. The van der Waals surface area contributed by atoms with Crippen LogP contribution in [0, 0.1) is 5.92 Å². The van der Waals surface area contributed by atoms with Crippen molar-refractivity contribution >= 4 is 51.4 Å². The molecule has 1 saturated heterocycles. The molecule has 3 N–H and O–H groups in total. The highest BCUT2D eigenvalue weighted by atomic mass is 35.5. The van der Waals surface area contributed by atoms with Crippen molar-refractivity contribution in [2.75, 3.05) is 6.54 Å². The maximum Gasteiger partial charge on any atom is 0.408 e. The maximum absolute atomic E-state index is 14.2. The Labute approximate surface area is 285 Å². The largest absolute Gasteiger partial charge is 0.457 e. The van der Waals surface area contributed by atoms with Gasteiger partial charge in [-0.25, -0.2) is 18.0 Å². The number of nitrogens with zero attached hydrogens (tertiary/aromatic N) is 1. The Balaban J connectivity index is 1.43. The first-order valence-electron chi connectivity index (χ1n) is 16.4. The molecule has 4 amide bonds. The number of ether oxygens (including phenoxy) is 2. The Morgan fingerprint density at radius 2 is 1.83 bits per heavy atom. The molecular weight excluding hydrogens is 664 g/mol. The van der Waals surface area contributed by atoms with E-state index in [0.29, 0.717) is 30.7 Å². The number of alkyl carbamates (subject to hydrolysis) is 1. The highest BCUT2D eigenvalue weighted by molar-refractivity contribution is 7.91. The molecule has 2 aliphatic heterocycles. The summed E-state index contributed by atoms with van der Waals surface area (Å²) in [6, 6.07) is 3.92. The van der Waals surface area contributed by atoms with Gasteiger partial charge in [-0.1, -0.05) is 42.7 Å². The third-order valence-electron chi connectivity index (χ3n) is 8.87. The molecule has 2 heterocycles. The molecule has 2 saturated carbocycles. The molecule has 3 fully saturated rings. The van der Waals surface area contributed by atoms with Gasteiger partial charge in [0, 0.05) is 17.4 Å². The SMILES string of the molecule is CC(C)(C)OC(=O)N[C@H]1CCCCCC=C[C@@H]2C[C@@]2(C(=O)NS(=O)(=O)C2CC2)NC(=O)[C@@H]2C[C@@H](OC(=O)c3cccc(Cl)c3)CN2C1=O. The predicted molar refractivity (Wildman–Crippen MR) is 175 cm³/mol. The van der Waals surface area contributed by atoms with Crippen LogP contribution in [0.1, 0.15) is 88.9 Å². The van der Waals surface area contributed by atoms with E-state index >= 15 is 0 Å². The summed E-state index contributed by atoms with van der Waals surface area (Å²) in [4.78, 5) is 68.9. The van der Waals surface area contributed by atoms with Crippen molar-refractivity contribution in [3.8, 4) is 0 Å². The third-order valence-corrected chi connectivity index (χ3v) is 10.9. The highest BCUT2D eigenvalue weighted by Gasteiger charge is 2.62. The Kier molecular flexibility index (Phi) is 10.4. The van der Waals surface area contributed by atoms with Crippen LogP contribution in [0.15, 0.2) is 36.4 Å². The fourth-order valence-corrected chi connectivity index (χ4v) is 7.69. The zero-order valence-corrected chi connectivity index (χ0v) is 28.9. The summed E-state index contributed by atoms with van der Waals surface area (Å²) in [5.74, 6) is -3.26. The Morgan fingerprint density at radius 1 is 1.08 bits per heavy atom. The van der Waals surface area contributed by atoms with Gasteiger partial charge in [-0.2, -0.15) is 0 Å². The number of halogens is 1. The summed E-state index contributed by atoms with van der Waals surface area (Å²) in [5, 5.41) is 5.13. The van der Waals surface area contributed by atoms with Crippen molar-refractivity contribution in [1.29, 1.82) is 0 Å². The smallest absolute Gasteiger partial charge is 0.408 e. The first-order valence-corrected chi connectivity index (χ1v) is 18.3. The topological polar surface area (TPSA) is 177 Å². The first kappa shape index (κ1) is 35.7. The van der Waals surface area contributed by atoms with Crippen LogP contribution in [0.5, 0.6) is 0 Å². The van der Waals surface area contributed by atoms with Crippen molar-refractivity contribution in [2.24, 2.45) is 5.92 Å². The Hall–Kier alpha value is -3.65. The van der Waals surface area contributed by atoms with Crippen LogP contribution in [0.2, 0.25) is 5.02 Å². The first-order chi connectivity index (χ1) is 22.6. The van der Waals surface area contributed by atoms with Gasteiger partial charge in [0.15, 0.2) is 0 Å². The van der Waals surface area contributed by atoms with E-state index in [1.807, 2.05) is 12.2 Å². The van der Waals surface area contributed by atoms with Gasteiger partial charge < -0.3 is 25.0 Å². The van der Waals surface area contributed by atoms with Crippen molar-refractivity contribution < 1.29 is 41.9 Å². The monoisotopic (exact) mass is 706 g/mol. The summed E-state index contributed by atoms with van der Waals surface area (Å²) in [7, 11) is -3.90. The standard InChI is InChI=1S/C33H43ClN4O9S/c1-32(2,3)47-31(43)35-25-13-8-6-4-5-7-11-21-18-33(21,30(42)37-48(44,45)24-14-15-24)36-27(39)26-17-23(19-38(26)28(25)40)46-29(41)20-10-9-12-22(34)16-20/h7,9-12,16,21,23-26H,4-6,8,13-15,17-19H2,1-3H3,(H,35,43)(H,36,39)(H,37,42)/t21-,23-,25+,26+,33-/m1/s1. The number of carbonyl (C=O) groups excluding carboxylic acids is 5. The number of sulfonamides is 1. The van der Waals surface area contributed by atoms with Gasteiger partial charge in [-0.15, -0.1) is 0 Å². The molecule has 5 atom stereocenters. The van der Waals surface area contributed by atoms with Crippen LogP contribution in [-0.2, 0) is 33.9 Å². The molecule has 0 radical (unpaired) electrons. The summed E-state index contributed by atoms with van der Waals surface area (Å²) in [6.07, 6.45) is 6.07. The fraction of sp³-hybridized carbons (Fsp3) is 0.606. The summed E-state index contributed by atoms with van der Waals surface area (Å²) >= 11 is 6.05. The van der Waals surface area contributed by atoms with Crippen molar-refractivity contribution in [2.45, 2.75) is 113 Å². The number of carbonyl (C=O) groups is 5. The molecule has 262 valence electrons. The van der Waals surface area contributed by atoms with Crippen LogP contribution in [0.4, 0.5) is 4.79 Å². The van der Waals surface area contributed by atoms with E-state index in [0.717, 1.165) is 12.8 Å². The number of nitrogens with one attached hydrogen (secondary N) is 3. The number of benzene rings is 1. The van der Waals surface area contributed by atoms with Gasteiger partial charge in [-0.3, -0.25) is 19.1 Å². The van der Waals surface area contributed by atoms with Crippen LogP contribution in [0.25, 0.3) is 0 Å². The van der Waals surface area contributed by atoms with E-state index in [-0.39, 0.29) is 31.4 Å². The lowest BCUT2D eigenvalue weighted by Gasteiger charge is -2.30. The molecular formula is C33H43ClN4O9S. The second-order valence-corrected chi connectivity index (χ2v) is 16.4. The average Bonchev–Trinajstić information content (AvgIpc) is 3.91. The van der Waals surface area contributed by atoms with Gasteiger partial charge in [0.2, 0.25) is 21.8 Å². The minimum Gasteiger partial charge on any atom is -0.457 e. The lowest BCUT2D eigenvalue weighted by atomic mass is 10.0. The number of allylic oxidation sites excluding steroid dienone is 1. The Bertz CT molecular complexity index is 1590. The average molecular weight is 707 g/mol. The number of amides is 4. The van der Waals surface area contributed by atoms with E-state index in [1.54, 1.807) is 32.9 Å². The minimum absolute atomic E-state index is 0.0956. The highest BCUT2D eigenvalue weighted by Crippen LogP contribution is 2.46. The molecule has 5 rings (SSSR count). The van der Waals surface area contributed by atoms with Crippen molar-refractivity contribution in [3.63, 3.8) is 0 Å². The van der Waals surface area contributed by atoms with Gasteiger partial charge in [-0.05, 0) is 77.5 Å². The lowest BCUT2D eigenvalue weighted by molar-refractivity contribution is -0.141. The molecule has 1 aromatic rings. The van der Waals surface area contributed by atoms with Crippen LogP contribution >= 0.6 is 11.6 Å². The fourth-order valence-electron chi connectivity index (χ4n) is 6.13. The third kappa shape index (κ3) is 8.68. The zero-order valence-electron chi connectivity index (χ0n) is 27.3. The molecule has 13 nitrogen and oxygen atoms in total. The molecule has 0 unspecified atom stereocenters. The second-order valence-electron chi connectivity index (χ2n) is 14.0. The summed E-state index contributed by atoms with van der Waals surface area (Å²) in [6.45, 7) is 4.94. The normalized spacial score (nSPS) is 28.1. The minimum atomic E-state index is -3.90. The molecule has 0 bridgehead atoms. The number of fused-ring (bicyclic) bond motifs is 2. The molecule has 2 aliphatic carbocycles. The van der Waals surface area contributed by atoms with E-state index in [2.05, 4.69) is 15.4 Å². The molecule has 48 heavy (non-hydrogen) atoms. The lowest BCUT2D eigenvalue weighted by Crippen LogP contribution is -2.58. The van der Waals surface area contributed by atoms with Crippen LogP contribution in [-0.4, -0.2) is 84.2 Å². The molecule has 1 aromatic carbocycles. The van der Waals surface area contributed by atoms with E-state index in [9.17, 15) is 32.4 Å². The van der Waals surface area contributed by atoms with Gasteiger partial charge >= 0.3 is 12.1 Å². The quantitative estimate of drug-likeness (QED) is 0.296. The van der Waals surface area contributed by atoms with E-state index < -0.39 is 80.3 Å². The number of hydrogen-bond acceptors (Lipinski definition) is 9. The number of hydrogen-bond donors (Lipinski definition) is 3. The number of rotatable bonds is 6. The van der Waals surface area contributed by atoms with E-state index in [4.69, 9.17) is 21.1 Å². The van der Waals surface area contributed by atoms with Crippen molar-refractivity contribution in [1.82, 2.24) is 20.3 Å². The van der Waals surface area contributed by atoms with Crippen molar-refractivity contribution in [3.05, 3.63) is 47.0 Å². The maximum atomic E-state index is 14.2. The van der Waals surface area contributed by atoms with Gasteiger partial charge in [0.25, 0.3) is 5.91 Å². The summed E-state index contributed by atoms with van der Waals surface area (Å²) < 4.78 is 38.7. The van der Waals surface area contributed by atoms with Gasteiger partial charge in [0.05, 0.1) is 17.4 Å². The Morgan fingerprint density at radius 3 is 2.52 bits per heavy atom. The van der Waals surface area contributed by atoms with E-state index in [1.165, 1.54) is 17.0 Å². The molecule has 0 aromatic heterocycles.